The van der Waals surface area contributed by atoms with Gasteiger partial charge in [-0.25, -0.2) is 0 Å². The molecule has 0 saturated carbocycles. The molecular weight excluding hydrogens is 308 g/mol. The van der Waals surface area contributed by atoms with Crippen LogP contribution in [-0.2, 0) is 9.53 Å². The number of carbonyl (C=O) groups excluding carboxylic acids is 2. The molecule has 7 nitrogen and oxygen atoms in total. The zero-order valence-electron chi connectivity index (χ0n) is 13.9. The van der Waals surface area contributed by atoms with Gasteiger partial charge in [-0.1, -0.05) is 0 Å². The Morgan fingerprint density at radius 3 is 2.54 bits per heavy atom. The fraction of sp³-hybridized carbons (Fsp3) is 0.471. The van der Waals surface area contributed by atoms with Crippen LogP contribution in [0.1, 0.15) is 30.6 Å². The Bertz CT molecular complexity index is 671. The van der Waals surface area contributed by atoms with Crippen molar-refractivity contribution in [1.82, 2.24) is 4.90 Å². The van der Waals surface area contributed by atoms with Crippen molar-refractivity contribution in [2.75, 3.05) is 24.6 Å². The minimum absolute atomic E-state index is 0.121. The van der Waals surface area contributed by atoms with Crippen LogP contribution in [0.5, 0.6) is 0 Å². The molecule has 7 heteroatoms. The number of anilines is 1. The van der Waals surface area contributed by atoms with Crippen LogP contribution < -0.4 is 10.7 Å². The van der Waals surface area contributed by atoms with Crippen molar-refractivity contribution < 1.29 is 14.3 Å². The fourth-order valence-electron chi connectivity index (χ4n) is 2.99. The molecule has 1 saturated heterocycles. The smallest absolute Gasteiger partial charge is 0.254 e. The van der Waals surface area contributed by atoms with Gasteiger partial charge in [-0.3, -0.25) is 14.6 Å². The van der Waals surface area contributed by atoms with E-state index in [4.69, 9.17) is 10.5 Å². The first-order valence-corrected chi connectivity index (χ1v) is 8.10. The number of primary amides is 1. The molecule has 2 N–H and O–H groups in total. The number of morpholine rings is 1. The van der Waals surface area contributed by atoms with Crippen molar-refractivity contribution in [3.63, 3.8) is 0 Å². The summed E-state index contributed by atoms with van der Waals surface area (Å²) >= 11 is 0. The lowest BCUT2D eigenvalue weighted by Crippen LogP contribution is -2.53. The minimum Gasteiger partial charge on any atom is -0.367 e. The Kier molecular flexibility index (Phi) is 4.53. The van der Waals surface area contributed by atoms with E-state index in [1.54, 1.807) is 17.0 Å². The zero-order chi connectivity index (χ0) is 17.3. The van der Waals surface area contributed by atoms with E-state index in [2.05, 4.69) is 5.10 Å². The third-order valence-corrected chi connectivity index (χ3v) is 4.25. The lowest BCUT2D eigenvalue weighted by Gasteiger charge is -2.35. The van der Waals surface area contributed by atoms with E-state index in [9.17, 15) is 9.59 Å². The Morgan fingerprint density at radius 1 is 1.25 bits per heavy atom. The number of rotatable bonds is 3. The van der Waals surface area contributed by atoms with Crippen LogP contribution in [0.15, 0.2) is 29.4 Å². The summed E-state index contributed by atoms with van der Waals surface area (Å²) in [5.41, 5.74) is 7.96. The first-order chi connectivity index (χ1) is 11.4. The van der Waals surface area contributed by atoms with Gasteiger partial charge in [0.25, 0.3) is 5.91 Å². The summed E-state index contributed by atoms with van der Waals surface area (Å²) < 4.78 is 5.47. The van der Waals surface area contributed by atoms with Gasteiger partial charge in [0.05, 0.1) is 18.3 Å². The summed E-state index contributed by atoms with van der Waals surface area (Å²) in [5, 5.41) is 6.38. The van der Waals surface area contributed by atoms with Gasteiger partial charge in [-0.05, 0) is 38.1 Å². The number of carbonyl (C=O) groups is 2. The van der Waals surface area contributed by atoms with Gasteiger partial charge in [0, 0.05) is 30.8 Å². The molecule has 2 heterocycles. The van der Waals surface area contributed by atoms with Gasteiger partial charge in [0.15, 0.2) is 6.10 Å². The van der Waals surface area contributed by atoms with Crippen molar-refractivity contribution >= 4 is 23.2 Å². The monoisotopic (exact) mass is 330 g/mol. The second-order valence-electron chi connectivity index (χ2n) is 6.30. The second-order valence-corrected chi connectivity index (χ2v) is 6.30. The highest BCUT2D eigenvalue weighted by Gasteiger charge is 2.32. The average Bonchev–Trinajstić information content (AvgIpc) is 3.00. The summed E-state index contributed by atoms with van der Waals surface area (Å²) in [5.74, 6) is -0.666. The number of ether oxygens (including phenoxy) is 1. The average molecular weight is 330 g/mol. The van der Waals surface area contributed by atoms with E-state index < -0.39 is 12.0 Å². The van der Waals surface area contributed by atoms with E-state index in [1.807, 2.05) is 31.0 Å². The molecule has 0 aromatic heterocycles. The number of hydrogen-bond acceptors (Lipinski definition) is 5. The van der Waals surface area contributed by atoms with Crippen molar-refractivity contribution in [2.24, 2.45) is 10.8 Å². The van der Waals surface area contributed by atoms with Crippen LogP contribution in [0, 0.1) is 0 Å². The molecule has 3 rings (SSSR count). The number of benzene rings is 1. The van der Waals surface area contributed by atoms with Crippen molar-refractivity contribution in [2.45, 2.75) is 32.5 Å². The second kappa shape index (κ2) is 6.60. The van der Waals surface area contributed by atoms with Gasteiger partial charge >= 0.3 is 0 Å². The summed E-state index contributed by atoms with van der Waals surface area (Å²) in [7, 11) is 0. The number of nitrogens with two attached hydrogens (primary N) is 1. The highest BCUT2D eigenvalue weighted by atomic mass is 16.5. The third kappa shape index (κ3) is 3.41. The molecule has 1 aromatic rings. The summed E-state index contributed by atoms with van der Waals surface area (Å²) in [6.45, 7) is 5.33. The minimum atomic E-state index is -0.751. The number of hydrazone groups is 1. The van der Waals surface area contributed by atoms with Crippen molar-refractivity contribution in [3.05, 3.63) is 29.8 Å². The number of nitrogens with zero attached hydrogens (tertiary/aromatic N) is 3. The van der Waals surface area contributed by atoms with Crippen LogP contribution in [0.25, 0.3) is 0 Å². The first-order valence-electron chi connectivity index (χ1n) is 8.10. The molecule has 2 amide bonds. The van der Waals surface area contributed by atoms with Crippen LogP contribution in [0.4, 0.5) is 5.69 Å². The molecule has 0 spiro atoms. The lowest BCUT2D eigenvalue weighted by atomic mass is 10.1. The number of hydrogen-bond donors (Lipinski definition) is 1. The highest BCUT2D eigenvalue weighted by Crippen LogP contribution is 2.21. The summed E-state index contributed by atoms with van der Waals surface area (Å²) in [4.78, 5) is 25.7. The van der Waals surface area contributed by atoms with Gasteiger partial charge in [-0.2, -0.15) is 5.10 Å². The molecule has 1 fully saturated rings. The molecule has 2 atom stereocenters. The predicted octanol–water partition coefficient (Wildman–Crippen LogP) is 0.987. The number of amides is 2. The normalized spacial score (nSPS) is 24.0. The summed E-state index contributed by atoms with van der Waals surface area (Å²) in [6, 6.07) is 7.37. The quantitative estimate of drug-likeness (QED) is 0.895. The van der Waals surface area contributed by atoms with Crippen molar-refractivity contribution in [3.8, 4) is 0 Å². The molecule has 128 valence electrons. The molecule has 0 aliphatic carbocycles. The Balaban J connectivity index is 1.71. The topological polar surface area (TPSA) is 88.2 Å². The third-order valence-electron chi connectivity index (χ3n) is 4.25. The van der Waals surface area contributed by atoms with E-state index in [0.29, 0.717) is 12.1 Å². The molecule has 1 aromatic carbocycles. The Hall–Kier alpha value is -2.41. The van der Waals surface area contributed by atoms with E-state index in [-0.39, 0.29) is 18.6 Å². The van der Waals surface area contributed by atoms with Gasteiger partial charge in [0.2, 0.25) is 5.91 Å². The molecule has 24 heavy (non-hydrogen) atoms. The Morgan fingerprint density at radius 2 is 1.96 bits per heavy atom. The first kappa shape index (κ1) is 16.4. The molecule has 0 unspecified atom stereocenters. The maximum Gasteiger partial charge on any atom is 0.254 e. The van der Waals surface area contributed by atoms with Crippen LogP contribution in [-0.4, -0.2) is 54.3 Å². The zero-order valence-corrected chi connectivity index (χ0v) is 13.9. The Labute approximate surface area is 141 Å². The largest absolute Gasteiger partial charge is 0.367 e. The van der Waals surface area contributed by atoms with Crippen LogP contribution >= 0.6 is 0 Å². The lowest BCUT2D eigenvalue weighted by molar-refractivity contribution is -0.140. The maximum atomic E-state index is 12.7. The predicted molar refractivity (Wildman–Crippen MR) is 90.9 cm³/mol. The fourth-order valence-corrected chi connectivity index (χ4v) is 2.99. The van der Waals surface area contributed by atoms with Crippen molar-refractivity contribution in [1.29, 1.82) is 0 Å². The van der Waals surface area contributed by atoms with E-state index in [0.717, 1.165) is 24.4 Å². The maximum absolute atomic E-state index is 12.7. The standard InChI is InChI=1S/C17H22N4O3/c1-11-7-8-21(19-11)14-5-3-13(4-6-14)17(23)20-9-12(2)24-15(10-20)16(18)22/h3-6,12,15H,7-10H2,1-2H3,(H2,18,22)/t12-,15-/m1/s1. The highest BCUT2D eigenvalue weighted by molar-refractivity contribution is 5.95. The molecule has 2 aliphatic rings. The van der Waals surface area contributed by atoms with Gasteiger partial charge < -0.3 is 15.4 Å². The van der Waals surface area contributed by atoms with E-state index in [1.165, 1.54) is 0 Å². The van der Waals surface area contributed by atoms with Crippen LogP contribution in [0.2, 0.25) is 0 Å². The summed E-state index contributed by atoms with van der Waals surface area (Å²) in [6.07, 6.45) is -0.0128. The van der Waals surface area contributed by atoms with E-state index >= 15 is 0 Å². The molecule has 0 bridgehead atoms. The van der Waals surface area contributed by atoms with Gasteiger partial charge in [-0.15, -0.1) is 0 Å². The SMILES string of the molecule is CC1=NN(c2ccc(C(=O)N3C[C@@H](C)O[C@@H](C(N)=O)C3)cc2)CC1. The molecular formula is C17H22N4O3. The van der Waals surface area contributed by atoms with Crippen LogP contribution in [0.3, 0.4) is 0 Å². The molecule has 0 radical (unpaired) electrons. The molecule has 2 aliphatic heterocycles. The van der Waals surface area contributed by atoms with Gasteiger partial charge in [0.1, 0.15) is 0 Å².